The smallest absolute Gasteiger partial charge is 0.0718 e. The van der Waals surface area contributed by atoms with Gasteiger partial charge in [-0.3, -0.25) is 0 Å². The quantitative estimate of drug-likeness (QED) is 0.644. The van der Waals surface area contributed by atoms with Crippen molar-refractivity contribution in [2.45, 2.75) is 25.6 Å². The summed E-state index contributed by atoms with van der Waals surface area (Å²) in [4.78, 5) is 0. The minimum Gasteiger partial charge on any atom is -0.376 e. The third kappa shape index (κ3) is 3.48. The van der Waals surface area contributed by atoms with E-state index in [1.54, 1.807) is 0 Å². The first-order valence-corrected chi connectivity index (χ1v) is 5.18. The topological polar surface area (TPSA) is 18.5 Å². The summed E-state index contributed by atoms with van der Waals surface area (Å²) in [7, 11) is 0. The number of benzene rings is 1. The van der Waals surface area contributed by atoms with E-state index in [0.29, 0.717) is 19.3 Å². The molecule has 0 spiro atoms. The fourth-order valence-corrected chi connectivity index (χ4v) is 1.27. The molecule has 2 heteroatoms. The van der Waals surface area contributed by atoms with Crippen molar-refractivity contribution in [3.05, 3.63) is 35.9 Å². The third-order valence-electron chi connectivity index (χ3n) is 2.22. The Hall–Kier alpha value is -0.860. The Labute approximate surface area is 84.8 Å². The van der Waals surface area contributed by atoms with E-state index in [2.05, 4.69) is 12.1 Å². The van der Waals surface area contributed by atoms with Crippen LogP contribution in [0.25, 0.3) is 0 Å². The Kier molecular flexibility index (Phi) is 3.55. The molecule has 0 unspecified atom stereocenters. The molecule has 2 nitrogen and oxygen atoms in total. The maximum atomic E-state index is 5.47. The molecule has 0 radical (unpaired) electrons. The summed E-state index contributed by atoms with van der Waals surface area (Å²) in [6, 6.07) is 10.2. The number of ether oxygens (including phenoxy) is 2. The normalized spacial score (nSPS) is 15.7. The summed E-state index contributed by atoms with van der Waals surface area (Å²) in [6.45, 7) is 2.12. The van der Waals surface area contributed by atoms with E-state index in [1.807, 2.05) is 18.2 Å². The molecule has 0 atom stereocenters. The molecule has 1 aromatic rings. The lowest BCUT2D eigenvalue weighted by molar-refractivity contribution is 0.0335. The average Bonchev–Trinajstić information content (AvgIpc) is 3.03. The highest BCUT2D eigenvalue weighted by atomic mass is 16.5. The molecule has 1 fully saturated rings. The van der Waals surface area contributed by atoms with Crippen molar-refractivity contribution in [3.8, 4) is 0 Å². The maximum Gasteiger partial charge on any atom is 0.0718 e. The molecular weight excluding hydrogens is 176 g/mol. The van der Waals surface area contributed by atoms with Crippen LogP contribution >= 0.6 is 0 Å². The van der Waals surface area contributed by atoms with E-state index in [1.165, 1.54) is 18.4 Å². The van der Waals surface area contributed by atoms with Crippen LogP contribution in [0, 0.1) is 0 Å². The lowest BCUT2D eigenvalue weighted by atomic mass is 10.2. The van der Waals surface area contributed by atoms with Crippen molar-refractivity contribution in [1.29, 1.82) is 0 Å². The molecule has 1 saturated carbocycles. The van der Waals surface area contributed by atoms with Gasteiger partial charge in [0, 0.05) is 0 Å². The molecule has 0 aromatic heterocycles. The van der Waals surface area contributed by atoms with Gasteiger partial charge in [0.25, 0.3) is 0 Å². The Morgan fingerprint density at radius 3 is 2.57 bits per heavy atom. The van der Waals surface area contributed by atoms with Crippen LogP contribution in [-0.4, -0.2) is 19.3 Å². The molecule has 1 aliphatic carbocycles. The van der Waals surface area contributed by atoms with Gasteiger partial charge in [-0.15, -0.1) is 0 Å². The maximum absolute atomic E-state index is 5.47. The molecule has 76 valence electrons. The van der Waals surface area contributed by atoms with Crippen molar-refractivity contribution in [2.75, 3.05) is 13.2 Å². The van der Waals surface area contributed by atoms with Gasteiger partial charge >= 0.3 is 0 Å². The Morgan fingerprint density at radius 2 is 1.86 bits per heavy atom. The van der Waals surface area contributed by atoms with Crippen LogP contribution in [0.15, 0.2) is 30.3 Å². The van der Waals surface area contributed by atoms with E-state index in [0.717, 1.165) is 6.61 Å². The monoisotopic (exact) mass is 192 g/mol. The molecule has 0 heterocycles. The predicted molar refractivity (Wildman–Crippen MR) is 55.1 cm³/mol. The largest absolute Gasteiger partial charge is 0.376 e. The average molecular weight is 192 g/mol. The zero-order chi connectivity index (χ0) is 9.64. The van der Waals surface area contributed by atoms with Crippen molar-refractivity contribution >= 4 is 0 Å². The molecule has 0 bridgehead atoms. The first-order chi connectivity index (χ1) is 6.95. The van der Waals surface area contributed by atoms with Crippen molar-refractivity contribution < 1.29 is 9.47 Å². The number of hydrogen-bond donors (Lipinski definition) is 0. The first kappa shape index (κ1) is 9.69. The van der Waals surface area contributed by atoms with E-state index in [9.17, 15) is 0 Å². The summed E-state index contributed by atoms with van der Waals surface area (Å²) in [6.07, 6.45) is 3.01. The lowest BCUT2D eigenvalue weighted by Crippen LogP contribution is -2.05. The fourth-order valence-electron chi connectivity index (χ4n) is 1.27. The van der Waals surface area contributed by atoms with Gasteiger partial charge in [-0.1, -0.05) is 30.3 Å². The highest BCUT2D eigenvalue weighted by Crippen LogP contribution is 2.22. The highest BCUT2D eigenvalue weighted by molar-refractivity contribution is 5.13. The summed E-state index contributed by atoms with van der Waals surface area (Å²) < 4.78 is 10.9. The second-order valence-electron chi connectivity index (χ2n) is 3.61. The molecule has 0 amide bonds. The summed E-state index contributed by atoms with van der Waals surface area (Å²) in [5, 5.41) is 0. The van der Waals surface area contributed by atoms with Crippen molar-refractivity contribution in [1.82, 2.24) is 0 Å². The minimum absolute atomic E-state index is 0.537. The van der Waals surface area contributed by atoms with Crippen molar-refractivity contribution in [2.24, 2.45) is 0 Å². The second kappa shape index (κ2) is 5.13. The first-order valence-electron chi connectivity index (χ1n) is 5.18. The van der Waals surface area contributed by atoms with Gasteiger partial charge in [0.1, 0.15) is 0 Å². The van der Waals surface area contributed by atoms with Crippen LogP contribution in [0.2, 0.25) is 0 Å². The molecule has 1 aromatic carbocycles. The van der Waals surface area contributed by atoms with Gasteiger partial charge in [0.15, 0.2) is 0 Å². The van der Waals surface area contributed by atoms with Gasteiger partial charge in [0.05, 0.1) is 25.9 Å². The molecule has 2 rings (SSSR count). The standard InChI is InChI=1S/C12H16O2/c1-2-4-11(5-3-1)10-13-8-9-14-12-6-7-12/h1-5,12H,6-10H2. The van der Waals surface area contributed by atoms with Crippen LogP contribution in [0.5, 0.6) is 0 Å². The SMILES string of the molecule is c1ccc(COCCOC2CC2)cc1. The number of rotatable bonds is 6. The molecule has 14 heavy (non-hydrogen) atoms. The van der Waals surface area contributed by atoms with Gasteiger partial charge in [0.2, 0.25) is 0 Å². The van der Waals surface area contributed by atoms with E-state index < -0.39 is 0 Å². The van der Waals surface area contributed by atoms with Gasteiger partial charge in [-0.25, -0.2) is 0 Å². The van der Waals surface area contributed by atoms with E-state index in [4.69, 9.17) is 9.47 Å². The fraction of sp³-hybridized carbons (Fsp3) is 0.500. The molecule has 0 aliphatic heterocycles. The minimum atomic E-state index is 0.537. The molecule has 0 N–H and O–H groups in total. The van der Waals surface area contributed by atoms with E-state index >= 15 is 0 Å². The highest BCUT2D eigenvalue weighted by Gasteiger charge is 2.21. The lowest BCUT2D eigenvalue weighted by Gasteiger charge is -2.04. The summed E-state index contributed by atoms with van der Waals surface area (Å²) in [5.74, 6) is 0. The van der Waals surface area contributed by atoms with Crippen LogP contribution in [0.4, 0.5) is 0 Å². The zero-order valence-corrected chi connectivity index (χ0v) is 8.32. The van der Waals surface area contributed by atoms with E-state index in [-0.39, 0.29) is 0 Å². The number of hydrogen-bond acceptors (Lipinski definition) is 2. The third-order valence-corrected chi connectivity index (χ3v) is 2.22. The summed E-state index contributed by atoms with van der Waals surface area (Å²) >= 11 is 0. The Morgan fingerprint density at radius 1 is 1.07 bits per heavy atom. The van der Waals surface area contributed by atoms with Gasteiger partial charge in [-0.2, -0.15) is 0 Å². The molecule has 1 aliphatic rings. The zero-order valence-electron chi connectivity index (χ0n) is 8.32. The van der Waals surface area contributed by atoms with Crippen LogP contribution in [-0.2, 0) is 16.1 Å². The Balaban J connectivity index is 1.54. The molecular formula is C12H16O2. The van der Waals surface area contributed by atoms with Gasteiger partial charge < -0.3 is 9.47 Å². The van der Waals surface area contributed by atoms with Crippen LogP contribution < -0.4 is 0 Å². The van der Waals surface area contributed by atoms with Crippen LogP contribution in [0.1, 0.15) is 18.4 Å². The molecule has 0 saturated heterocycles. The Bertz CT molecular complexity index is 254. The summed E-state index contributed by atoms with van der Waals surface area (Å²) in [5.41, 5.74) is 1.22. The van der Waals surface area contributed by atoms with Crippen molar-refractivity contribution in [3.63, 3.8) is 0 Å². The van der Waals surface area contributed by atoms with Crippen LogP contribution in [0.3, 0.4) is 0 Å². The predicted octanol–water partition coefficient (Wildman–Crippen LogP) is 2.38. The second-order valence-corrected chi connectivity index (χ2v) is 3.61. The van der Waals surface area contributed by atoms with Gasteiger partial charge in [-0.05, 0) is 18.4 Å².